The molecular weight excluding hydrogens is 309 g/mol. The summed E-state index contributed by atoms with van der Waals surface area (Å²) in [5, 5.41) is 0.318. The van der Waals surface area contributed by atoms with Crippen LogP contribution in [0.3, 0.4) is 0 Å². The number of H-pyrrole nitrogens is 1. The number of aromatic amines is 1. The first kappa shape index (κ1) is 14.7. The summed E-state index contributed by atoms with van der Waals surface area (Å²) in [6.45, 7) is 1.36. The first-order valence-electron chi connectivity index (χ1n) is 7.75. The summed E-state index contributed by atoms with van der Waals surface area (Å²) in [6, 6.07) is 10.8. The van der Waals surface area contributed by atoms with Crippen LogP contribution in [-0.2, 0) is 13.0 Å². The lowest BCUT2D eigenvalue weighted by atomic mass is 10.2. The molecule has 0 aliphatic carbocycles. The number of rotatable bonds is 3. The maximum absolute atomic E-state index is 13.9. The zero-order valence-corrected chi connectivity index (χ0v) is 13.2. The highest BCUT2D eigenvalue weighted by Gasteiger charge is 2.19. The van der Waals surface area contributed by atoms with Crippen molar-refractivity contribution in [3.05, 3.63) is 64.0 Å². The van der Waals surface area contributed by atoms with Crippen molar-refractivity contribution in [1.29, 1.82) is 0 Å². The van der Waals surface area contributed by atoms with Crippen LogP contribution in [0.4, 0.5) is 10.1 Å². The van der Waals surface area contributed by atoms with Gasteiger partial charge in [0, 0.05) is 18.3 Å². The van der Waals surface area contributed by atoms with E-state index in [-0.39, 0.29) is 11.3 Å². The van der Waals surface area contributed by atoms with Crippen molar-refractivity contribution < 1.29 is 9.13 Å². The van der Waals surface area contributed by atoms with Crippen molar-refractivity contribution >= 4 is 16.6 Å². The second kappa shape index (κ2) is 5.63. The van der Waals surface area contributed by atoms with Gasteiger partial charge in [0.25, 0.3) is 5.56 Å². The van der Waals surface area contributed by atoms with Crippen LogP contribution in [0.15, 0.2) is 41.2 Å². The Labute approximate surface area is 137 Å². The molecule has 2 heterocycles. The Morgan fingerprint density at radius 1 is 1.33 bits per heavy atom. The Bertz CT molecular complexity index is 984. The highest BCUT2D eigenvalue weighted by molar-refractivity contribution is 5.79. The van der Waals surface area contributed by atoms with Gasteiger partial charge in [0.2, 0.25) is 0 Å². The fourth-order valence-electron chi connectivity index (χ4n) is 3.17. The Kier molecular flexibility index (Phi) is 3.45. The predicted molar refractivity (Wildman–Crippen MR) is 90.1 cm³/mol. The normalized spacial score (nSPS) is 13.3. The first-order chi connectivity index (χ1) is 11.7. The van der Waals surface area contributed by atoms with Gasteiger partial charge in [-0.25, -0.2) is 9.37 Å². The van der Waals surface area contributed by atoms with E-state index in [4.69, 9.17) is 4.74 Å². The number of fused-ring (bicyclic) bond motifs is 2. The molecular formula is C18H16FN3O2. The van der Waals surface area contributed by atoms with Gasteiger partial charge >= 0.3 is 0 Å². The number of halogens is 1. The SMILES string of the molecule is COc1cc2c(=O)[nH]c(CN3CCc4ccccc43)nc2cc1F. The summed E-state index contributed by atoms with van der Waals surface area (Å²) in [5.41, 5.74) is 2.48. The van der Waals surface area contributed by atoms with Gasteiger partial charge in [-0.1, -0.05) is 18.2 Å². The molecule has 2 aromatic carbocycles. The molecule has 1 aliphatic heterocycles. The number of hydrogen-bond donors (Lipinski definition) is 1. The molecule has 0 bridgehead atoms. The third-order valence-electron chi connectivity index (χ3n) is 4.35. The van der Waals surface area contributed by atoms with E-state index < -0.39 is 5.82 Å². The fraction of sp³-hybridized carbons (Fsp3) is 0.222. The summed E-state index contributed by atoms with van der Waals surface area (Å²) in [4.78, 5) is 21.7. The third kappa shape index (κ3) is 2.40. The average molecular weight is 325 g/mol. The molecule has 0 saturated carbocycles. The molecule has 6 heteroatoms. The molecule has 1 aromatic heterocycles. The van der Waals surface area contributed by atoms with E-state index in [0.29, 0.717) is 23.3 Å². The molecule has 24 heavy (non-hydrogen) atoms. The van der Waals surface area contributed by atoms with Crippen LogP contribution in [0.5, 0.6) is 5.75 Å². The number of para-hydroxylation sites is 1. The number of aromatic nitrogens is 2. The summed E-state index contributed by atoms with van der Waals surface area (Å²) in [6.07, 6.45) is 0.972. The van der Waals surface area contributed by atoms with Gasteiger partial charge in [-0.15, -0.1) is 0 Å². The van der Waals surface area contributed by atoms with Crippen LogP contribution in [0, 0.1) is 5.82 Å². The number of nitrogens with one attached hydrogen (secondary N) is 1. The van der Waals surface area contributed by atoms with Crippen molar-refractivity contribution in [2.24, 2.45) is 0 Å². The quantitative estimate of drug-likeness (QED) is 0.804. The van der Waals surface area contributed by atoms with Crippen LogP contribution in [0.1, 0.15) is 11.4 Å². The number of ether oxygens (including phenoxy) is 1. The Hall–Kier alpha value is -2.89. The molecule has 0 saturated heterocycles. The zero-order valence-electron chi connectivity index (χ0n) is 13.2. The zero-order chi connectivity index (χ0) is 16.7. The van der Waals surface area contributed by atoms with Gasteiger partial charge in [0.1, 0.15) is 5.82 Å². The van der Waals surface area contributed by atoms with E-state index >= 15 is 0 Å². The van der Waals surface area contributed by atoms with Crippen LogP contribution >= 0.6 is 0 Å². The Balaban J connectivity index is 1.72. The lowest BCUT2D eigenvalue weighted by molar-refractivity contribution is 0.387. The van der Waals surface area contributed by atoms with Gasteiger partial charge in [-0.3, -0.25) is 4.79 Å². The minimum atomic E-state index is -0.527. The number of methoxy groups -OCH3 is 1. The molecule has 1 N–H and O–H groups in total. The minimum absolute atomic E-state index is 0.0380. The summed E-state index contributed by atoms with van der Waals surface area (Å²) >= 11 is 0. The van der Waals surface area contributed by atoms with Crippen LogP contribution in [0.2, 0.25) is 0 Å². The summed E-state index contributed by atoms with van der Waals surface area (Å²) in [5.74, 6) is 0.0327. The summed E-state index contributed by atoms with van der Waals surface area (Å²) in [7, 11) is 1.37. The molecule has 0 fully saturated rings. The molecule has 3 aromatic rings. The topological polar surface area (TPSA) is 58.2 Å². The van der Waals surface area contributed by atoms with Crippen molar-refractivity contribution in [2.45, 2.75) is 13.0 Å². The molecule has 1 aliphatic rings. The van der Waals surface area contributed by atoms with Gasteiger partial charge in [0.15, 0.2) is 11.6 Å². The molecule has 0 radical (unpaired) electrons. The van der Waals surface area contributed by atoms with Gasteiger partial charge in [0.05, 0.1) is 24.6 Å². The highest BCUT2D eigenvalue weighted by Crippen LogP contribution is 2.28. The maximum Gasteiger partial charge on any atom is 0.258 e. The lowest BCUT2D eigenvalue weighted by Crippen LogP contribution is -2.23. The lowest BCUT2D eigenvalue weighted by Gasteiger charge is -2.18. The molecule has 0 atom stereocenters. The third-order valence-corrected chi connectivity index (χ3v) is 4.35. The van der Waals surface area contributed by atoms with E-state index in [1.54, 1.807) is 0 Å². The maximum atomic E-state index is 13.9. The number of hydrogen-bond acceptors (Lipinski definition) is 4. The number of nitrogens with zero attached hydrogens (tertiary/aromatic N) is 2. The minimum Gasteiger partial charge on any atom is -0.494 e. The van der Waals surface area contributed by atoms with Gasteiger partial charge < -0.3 is 14.6 Å². The first-order valence-corrected chi connectivity index (χ1v) is 7.75. The Morgan fingerprint density at radius 3 is 3.00 bits per heavy atom. The standard InChI is InChI=1S/C18H16FN3O2/c1-24-16-8-12-14(9-13(16)19)20-17(21-18(12)23)10-22-7-6-11-4-2-3-5-15(11)22/h2-5,8-9H,6-7,10H2,1H3,(H,20,21,23). The van der Waals surface area contributed by atoms with E-state index in [0.717, 1.165) is 18.7 Å². The molecule has 0 amide bonds. The van der Waals surface area contributed by atoms with Crippen molar-refractivity contribution in [3.8, 4) is 5.75 Å². The smallest absolute Gasteiger partial charge is 0.258 e. The van der Waals surface area contributed by atoms with Crippen LogP contribution in [-0.4, -0.2) is 23.6 Å². The molecule has 0 unspecified atom stereocenters. The van der Waals surface area contributed by atoms with Crippen molar-refractivity contribution in [2.75, 3.05) is 18.6 Å². The predicted octanol–water partition coefficient (Wildman–Crippen LogP) is 2.63. The van der Waals surface area contributed by atoms with Crippen molar-refractivity contribution in [1.82, 2.24) is 9.97 Å². The van der Waals surface area contributed by atoms with Crippen molar-refractivity contribution in [3.63, 3.8) is 0 Å². The molecule has 122 valence electrons. The number of benzene rings is 2. The molecule has 4 rings (SSSR count). The molecule has 5 nitrogen and oxygen atoms in total. The van der Waals surface area contributed by atoms with E-state index in [1.807, 2.05) is 12.1 Å². The largest absolute Gasteiger partial charge is 0.494 e. The summed E-state index contributed by atoms with van der Waals surface area (Å²) < 4.78 is 18.8. The van der Waals surface area contributed by atoms with Crippen LogP contribution in [0.25, 0.3) is 10.9 Å². The van der Waals surface area contributed by atoms with E-state index in [1.165, 1.54) is 24.8 Å². The van der Waals surface area contributed by atoms with Gasteiger partial charge in [-0.2, -0.15) is 0 Å². The van der Waals surface area contributed by atoms with Gasteiger partial charge in [-0.05, 0) is 24.1 Å². The van der Waals surface area contributed by atoms with Crippen LogP contribution < -0.4 is 15.2 Å². The Morgan fingerprint density at radius 2 is 2.17 bits per heavy atom. The highest BCUT2D eigenvalue weighted by atomic mass is 19.1. The second-order valence-corrected chi connectivity index (χ2v) is 5.82. The number of anilines is 1. The van der Waals surface area contributed by atoms with E-state index in [2.05, 4.69) is 27.0 Å². The van der Waals surface area contributed by atoms with E-state index in [9.17, 15) is 9.18 Å². The molecule has 0 spiro atoms. The monoisotopic (exact) mass is 325 g/mol. The average Bonchev–Trinajstić information content (AvgIpc) is 2.97. The fourth-order valence-corrected chi connectivity index (χ4v) is 3.17. The second-order valence-electron chi connectivity index (χ2n) is 5.82.